The maximum Gasteiger partial charge on any atom is 0.189 e. The summed E-state index contributed by atoms with van der Waals surface area (Å²) in [6.07, 6.45) is 1.69. The molecule has 0 atom stereocenters. The van der Waals surface area contributed by atoms with Crippen LogP contribution in [-0.2, 0) is 0 Å². The summed E-state index contributed by atoms with van der Waals surface area (Å²) >= 11 is 1.55. The topological polar surface area (TPSA) is 61.6 Å². The molecule has 2 aromatic heterocycles. The minimum Gasteiger partial charge on any atom is -0.315 e. The fourth-order valence-corrected chi connectivity index (χ4v) is 2.69. The maximum atomic E-state index is 9.17. The number of thiazole rings is 1. The van der Waals surface area contributed by atoms with Crippen molar-refractivity contribution in [3.63, 3.8) is 0 Å². The van der Waals surface area contributed by atoms with Crippen LogP contribution in [-0.4, -0.2) is 9.97 Å². The molecule has 0 aliphatic heterocycles. The van der Waals surface area contributed by atoms with Gasteiger partial charge in [-0.2, -0.15) is 5.26 Å². The Balaban J connectivity index is 2.02. The number of nitriles is 1. The summed E-state index contributed by atoms with van der Waals surface area (Å²) < 4.78 is 1.11. The van der Waals surface area contributed by atoms with Crippen molar-refractivity contribution in [1.29, 1.82) is 5.26 Å². The molecule has 0 unspecified atom stereocenters. The van der Waals surface area contributed by atoms with Gasteiger partial charge in [-0.05, 0) is 30.7 Å². The Morgan fingerprint density at radius 3 is 2.89 bits per heavy atom. The van der Waals surface area contributed by atoms with E-state index in [-0.39, 0.29) is 0 Å². The van der Waals surface area contributed by atoms with Crippen LogP contribution in [0.5, 0.6) is 0 Å². The van der Waals surface area contributed by atoms with E-state index in [1.165, 1.54) is 0 Å². The van der Waals surface area contributed by atoms with Gasteiger partial charge >= 0.3 is 0 Å². The Kier molecular flexibility index (Phi) is 2.86. The molecule has 1 N–H and O–H groups in total. The van der Waals surface area contributed by atoms with E-state index in [9.17, 15) is 5.26 Å². The zero-order chi connectivity index (χ0) is 13.2. The number of hydrogen-bond donors (Lipinski definition) is 1. The number of benzene rings is 1. The van der Waals surface area contributed by atoms with Crippen molar-refractivity contribution in [2.45, 2.75) is 6.92 Å². The van der Waals surface area contributed by atoms with Crippen LogP contribution in [0.1, 0.15) is 11.1 Å². The molecule has 0 saturated heterocycles. The number of nitrogens with one attached hydrogen (secondary N) is 1. The average molecular weight is 266 g/mol. The van der Waals surface area contributed by atoms with Gasteiger partial charge in [0.05, 0.1) is 15.8 Å². The molecular weight excluding hydrogens is 256 g/mol. The zero-order valence-electron chi connectivity index (χ0n) is 10.2. The van der Waals surface area contributed by atoms with Crippen molar-refractivity contribution < 1.29 is 0 Å². The smallest absolute Gasteiger partial charge is 0.189 e. The third kappa shape index (κ3) is 2.14. The maximum absolute atomic E-state index is 9.17. The number of aryl methyl sites for hydroxylation is 1. The SMILES string of the molecule is Cc1ccnc(Nc2nc3ccccc3s2)c1C#N. The minimum atomic E-state index is 0.557. The van der Waals surface area contributed by atoms with E-state index in [1.54, 1.807) is 17.5 Å². The lowest BCUT2D eigenvalue weighted by molar-refractivity contribution is 1.24. The first-order chi connectivity index (χ1) is 9.28. The van der Waals surface area contributed by atoms with Gasteiger partial charge in [-0.15, -0.1) is 0 Å². The molecule has 0 saturated carbocycles. The summed E-state index contributed by atoms with van der Waals surface area (Å²) in [6, 6.07) is 11.9. The standard InChI is InChI=1S/C14H10N4S/c1-9-6-7-16-13(10(9)8-15)18-14-17-11-4-2-3-5-12(11)19-14/h2-7H,1H3,(H,16,17,18). The molecule has 0 aliphatic carbocycles. The molecule has 0 amide bonds. The van der Waals surface area contributed by atoms with Crippen LogP contribution in [0.4, 0.5) is 10.9 Å². The first kappa shape index (κ1) is 11.6. The molecule has 2 heterocycles. The van der Waals surface area contributed by atoms with Crippen molar-refractivity contribution in [2.24, 2.45) is 0 Å². The molecule has 0 spiro atoms. The Hall–Kier alpha value is -2.45. The highest BCUT2D eigenvalue weighted by Crippen LogP contribution is 2.28. The van der Waals surface area contributed by atoms with Crippen LogP contribution >= 0.6 is 11.3 Å². The third-order valence-corrected chi connectivity index (χ3v) is 3.74. The number of anilines is 2. The quantitative estimate of drug-likeness (QED) is 0.769. The second-order valence-corrected chi connectivity index (χ2v) is 5.11. The lowest BCUT2D eigenvalue weighted by Gasteiger charge is -2.05. The van der Waals surface area contributed by atoms with Gasteiger partial charge in [0.25, 0.3) is 0 Å². The predicted molar refractivity (Wildman–Crippen MR) is 76.6 cm³/mol. The Morgan fingerprint density at radius 2 is 2.11 bits per heavy atom. The van der Waals surface area contributed by atoms with Crippen LogP contribution < -0.4 is 5.32 Å². The van der Waals surface area contributed by atoms with Gasteiger partial charge < -0.3 is 5.32 Å². The van der Waals surface area contributed by atoms with E-state index >= 15 is 0 Å². The average Bonchev–Trinajstić information content (AvgIpc) is 2.81. The van der Waals surface area contributed by atoms with E-state index in [0.29, 0.717) is 11.4 Å². The van der Waals surface area contributed by atoms with Crippen LogP contribution in [0.3, 0.4) is 0 Å². The fourth-order valence-electron chi connectivity index (χ4n) is 1.82. The zero-order valence-corrected chi connectivity index (χ0v) is 11.0. The molecule has 92 valence electrons. The summed E-state index contributed by atoms with van der Waals surface area (Å²) in [5.41, 5.74) is 2.41. The molecule has 3 aromatic rings. The van der Waals surface area contributed by atoms with Crippen LogP contribution in [0, 0.1) is 18.3 Å². The van der Waals surface area contributed by atoms with E-state index < -0.39 is 0 Å². The van der Waals surface area contributed by atoms with Crippen molar-refractivity contribution in [2.75, 3.05) is 5.32 Å². The molecule has 5 heteroatoms. The summed E-state index contributed by atoms with van der Waals surface area (Å²) in [5.74, 6) is 0.557. The summed E-state index contributed by atoms with van der Waals surface area (Å²) in [6.45, 7) is 1.89. The first-order valence-electron chi connectivity index (χ1n) is 5.76. The predicted octanol–water partition coefficient (Wildman–Crippen LogP) is 3.62. The van der Waals surface area contributed by atoms with Crippen molar-refractivity contribution in [3.05, 3.63) is 47.7 Å². The minimum absolute atomic E-state index is 0.557. The monoisotopic (exact) mass is 266 g/mol. The number of pyridine rings is 1. The summed E-state index contributed by atoms with van der Waals surface area (Å²) in [7, 11) is 0. The van der Waals surface area contributed by atoms with Gasteiger partial charge in [0.15, 0.2) is 5.13 Å². The number of hydrogen-bond acceptors (Lipinski definition) is 5. The van der Waals surface area contributed by atoms with Gasteiger partial charge in [0.1, 0.15) is 11.9 Å². The van der Waals surface area contributed by atoms with Crippen LogP contribution in [0.25, 0.3) is 10.2 Å². The lowest BCUT2D eigenvalue weighted by Crippen LogP contribution is -1.97. The van der Waals surface area contributed by atoms with E-state index in [4.69, 9.17) is 0 Å². The molecule has 1 aromatic carbocycles. The highest BCUT2D eigenvalue weighted by molar-refractivity contribution is 7.22. The largest absolute Gasteiger partial charge is 0.315 e. The van der Waals surface area contributed by atoms with Crippen molar-refractivity contribution in [1.82, 2.24) is 9.97 Å². The summed E-state index contributed by atoms with van der Waals surface area (Å²) in [4.78, 5) is 8.68. The highest BCUT2D eigenvalue weighted by Gasteiger charge is 2.09. The normalized spacial score (nSPS) is 10.3. The highest BCUT2D eigenvalue weighted by atomic mass is 32.1. The fraction of sp³-hybridized carbons (Fsp3) is 0.0714. The number of para-hydroxylation sites is 1. The first-order valence-corrected chi connectivity index (χ1v) is 6.58. The van der Waals surface area contributed by atoms with Crippen molar-refractivity contribution in [3.8, 4) is 6.07 Å². The molecule has 0 aliphatic rings. The Labute approximate surface area is 114 Å². The lowest BCUT2D eigenvalue weighted by atomic mass is 10.1. The second-order valence-electron chi connectivity index (χ2n) is 4.08. The number of aromatic nitrogens is 2. The molecular formula is C14H10N4S. The molecule has 4 nitrogen and oxygen atoms in total. The second kappa shape index (κ2) is 4.67. The number of fused-ring (bicyclic) bond motifs is 1. The van der Waals surface area contributed by atoms with Gasteiger partial charge in [-0.3, -0.25) is 0 Å². The van der Waals surface area contributed by atoms with Gasteiger partial charge in [-0.1, -0.05) is 23.5 Å². The number of rotatable bonds is 2. The molecule has 3 rings (SSSR count). The summed E-state index contributed by atoms with van der Waals surface area (Å²) in [5, 5.41) is 13.0. The number of nitrogens with zero attached hydrogens (tertiary/aromatic N) is 3. The molecule has 0 fully saturated rings. The van der Waals surface area contributed by atoms with E-state index in [0.717, 1.165) is 20.9 Å². The Bertz CT molecular complexity index is 752. The van der Waals surface area contributed by atoms with Gasteiger partial charge in [-0.25, -0.2) is 9.97 Å². The molecule has 0 bridgehead atoms. The molecule has 19 heavy (non-hydrogen) atoms. The van der Waals surface area contributed by atoms with Crippen molar-refractivity contribution >= 4 is 32.5 Å². The van der Waals surface area contributed by atoms with E-state index in [2.05, 4.69) is 21.4 Å². The van der Waals surface area contributed by atoms with Gasteiger partial charge in [0, 0.05) is 6.20 Å². The molecule has 0 radical (unpaired) electrons. The van der Waals surface area contributed by atoms with Crippen LogP contribution in [0.15, 0.2) is 36.5 Å². The van der Waals surface area contributed by atoms with Crippen LogP contribution in [0.2, 0.25) is 0 Å². The van der Waals surface area contributed by atoms with Gasteiger partial charge in [0.2, 0.25) is 0 Å². The van der Waals surface area contributed by atoms with E-state index in [1.807, 2.05) is 37.3 Å². The third-order valence-electron chi connectivity index (χ3n) is 2.79. The Morgan fingerprint density at radius 1 is 1.26 bits per heavy atom.